The number of amides is 2. The fourth-order valence-corrected chi connectivity index (χ4v) is 0.887. The molecule has 6 heteroatoms. The molecule has 4 nitrogen and oxygen atoms in total. The molecule has 0 aliphatic rings. The zero-order chi connectivity index (χ0) is 11.3. The van der Waals surface area contributed by atoms with Crippen molar-refractivity contribution in [2.24, 2.45) is 0 Å². The zero-order valence-corrected chi connectivity index (χ0v) is 8.01. The lowest BCUT2D eigenvalue weighted by Crippen LogP contribution is -2.30. The summed E-state index contributed by atoms with van der Waals surface area (Å²) >= 11 is 0. The number of ether oxygens (including phenoxy) is 1. The van der Waals surface area contributed by atoms with Gasteiger partial charge in [0, 0.05) is 18.9 Å². The first kappa shape index (κ1) is 11.4. The molecule has 0 aromatic heterocycles. The summed E-state index contributed by atoms with van der Waals surface area (Å²) in [7, 11) is 1.41. The lowest BCUT2D eigenvalue weighted by Gasteiger charge is -2.06. The number of halogens is 2. The molecule has 0 radical (unpaired) electrons. The van der Waals surface area contributed by atoms with Crippen LogP contribution in [0.5, 0.6) is 0 Å². The first-order valence-corrected chi connectivity index (χ1v) is 4.12. The standard InChI is InChI=1S/C9H10F2N2O2/c1-15-5-12-9(14)13-6-2-3-7(10)8(11)4-6/h2-4H,5H2,1H3,(H2,12,13,14). The molecular weight excluding hydrogens is 206 g/mol. The molecule has 0 saturated carbocycles. The third kappa shape index (κ3) is 3.51. The van der Waals surface area contributed by atoms with Crippen molar-refractivity contribution in [1.82, 2.24) is 5.32 Å². The number of benzene rings is 1. The number of carbonyl (C=O) groups excluding carboxylic acids is 1. The van der Waals surface area contributed by atoms with Crippen LogP contribution >= 0.6 is 0 Å². The molecule has 1 aromatic carbocycles. The van der Waals surface area contributed by atoms with E-state index in [9.17, 15) is 13.6 Å². The second kappa shape index (κ2) is 5.26. The van der Waals surface area contributed by atoms with Crippen molar-refractivity contribution in [3.05, 3.63) is 29.8 Å². The van der Waals surface area contributed by atoms with E-state index in [0.717, 1.165) is 12.1 Å². The van der Waals surface area contributed by atoms with Gasteiger partial charge in [-0.25, -0.2) is 13.6 Å². The molecule has 15 heavy (non-hydrogen) atoms. The zero-order valence-electron chi connectivity index (χ0n) is 8.01. The molecule has 82 valence electrons. The largest absolute Gasteiger partial charge is 0.364 e. The highest BCUT2D eigenvalue weighted by molar-refractivity contribution is 5.89. The summed E-state index contributed by atoms with van der Waals surface area (Å²) in [5.74, 6) is -1.97. The molecule has 1 aromatic rings. The second-order valence-corrected chi connectivity index (χ2v) is 2.69. The Hall–Kier alpha value is -1.69. The highest BCUT2D eigenvalue weighted by atomic mass is 19.2. The van der Waals surface area contributed by atoms with Gasteiger partial charge in [0.2, 0.25) is 0 Å². The van der Waals surface area contributed by atoms with Crippen LogP contribution in [-0.4, -0.2) is 19.9 Å². The predicted octanol–water partition coefficient (Wildman–Crippen LogP) is 1.69. The Morgan fingerprint density at radius 3 is 2.73 bits per heavy atom. The monoisotopic (exact) mass is 216 g/mol. The molecule has 0 aliphatic heterocycles. The van der Waals surface area contributed by atoms with Gasteiger partial charge in [-0.3, -0.25) is 0 Å². The maximum Gasteiger partial charge on any atom is 0.321 e. The molecule has 0 fully saturated rings. The molecule has 0 bridgehead atoms. The van der Waals surface area contributed by atoms with Crippen molar-refractivity contribution in [3.63, 3.8) is 0 Å². The van der Waals surface area contributed by atoms with E-state index in [1.165, 1.54) is 13.2 Å². The first-order valence-electron chi connectivity index (χ1n) is 4.12. The highest BCUT2D eigenvalue weighted by Crippen LogP contribution is 2.12. The van der Waals surface area contributed by atoms with Crippen LogP contribution in [0.15, 0.2) is 18.2 Å². The fraction of sp³-hybridized carbons (Fsp3) is 0.222. The maximum atomic E-state index is 12.7. The van der Waals surface area contributed by atoms with Gasteiger partial charge < -0.3 is 15.4 Å². The molecular formula is C9H10F2N2O2. The van der Waals surface area contributed by atoms with Gasteiger partial charge in [-0.1, -0.05) is 0 Å². The average molecular weight is 216 g/mol. The number of methoxy groups -OCH3 is 1. The number of rotatable bonds is 3. The number of anilines is 1. The van der Waals surface area contributed by atoms with Crippen molar-refractivity contribution in [3.8, 4) is 0 Å². The third-order valence-corrected chi connectivity index (χ3v) is 1.55. The van der Waals surface area contributed by atoms with Gasteiger partial charge in [0.25, 0.3) is 0 Å². The van der Waals surface area contributed by atoms with Crippen LogP contribution in [0, 0.1) is 11.6 Å². The predicted molar refractivity (Wildman–Crippen MR) is 50.4 cm³/mol. The molecule has 0 aliphatic carbocycles. The number of nitrogens with one attached hydrogen (secondary N) is 2. The number of urea groups is 1. The molecule has 0 spiro atoms. The SMILES string of the molecule is COCNC(=O)Nc1ccc(F)c(F)c1. The van der Waals surface area contributed by atoms with Crippen LogP contribution in [0.4, 0.5) is 19.3 Å². The first-order chi connectivity index (χ1) is 7.13. The van der Waals surface area contributed by atoms with Gasteiger partial charge in [0.1, 0.15) is 6.73 Å². The van der Waals surface area contributed by atoms with E-state index in [1.54, 1.807) is 0 Å². The highest BCUT2D eigenvalue weighted by Gasteiger charge is 2.04. The van der Waals surface area contributed by atoms with Crippen LogP contribution in [-0.2, 0) is 4.74 Å². The third-order valence-electron chi connectivity index (χ3n) is 1.55. The average Bonchev–Trinajstić information content (AvgIpc) is 2.20. The number of carbonyl (C=O) groups is 1. The van der Waals surface area contributed by atoms with E-state index >= 15 is 0 Å². The quantitative estimate of drug-likeness (QED) is 0.755. The van der Waals surface area contributed by atoms with E-state index < -0.39 is 17.7 Å². The molecule has 2 amide bonds. The van der Waals surface area contributed by atoms with E-state index in [1.807, 2.05) is 0 Å². The van der Waals surface area contributed by atoms with E-state index in [4.69, 9.17) is 0 Å². The summed E-state index contributed by atoms with van der Waals surface area (Å²) in [5.41, 5.74) is 0.169. The molecule has 2 N–H and O–H groups in total. The Labute approximate surface area is 85.2 Å². The minimum absolute atomic E-state index is 0.0372. The van der Waals surface area contributed by atoms with Crippen molar-refractivity contribution in [2.45, 2.75) is 0 Å². The van der Waals surface area contributed by atoms with Gasteiger partial charge >= 0.3 is 6.03 Å². The Morgan fingerprint density at radius 1 is 1.40 bits per heavy atom. The van der Waals surface area contributed by atoms with Crippen molar-refractivity contribution >= 4 is 11.7 Å². The van der Waals surface area contributed by atoms with Crippen LogP contribution in [0.2, 0.25) is 0 Å². The minimum atomic E-state index is -1.01. The van der Waals surface area contributed by atoms with Crippen LogP contribution in [0.3, 0.4) is 0 Å². The summed E-state index contributed by atoms with van der Waals surface area (Å²) in [4.78, 5) is 11.0. The Morgan fingerprint density at radius 2 is 2.13 bits per heavy atom. The van der Waals surface area contributed by atoms with Gasteiger partial charge in [-0.2, -0.15) is 0 Å². The minimum Gasteiger partial charge on any atom is -0.364 e. The fourth-order valence-electron chi connectivity index (χ4n) is 0.887. The lowest BCUT2D eigenvalue weighted by molar-refractivity contribution is 0.177. The van der Waals surface area contributed by atoms with E-state index in [2.05, 4.69) is 15.4 Å². The molecule has 0 saturated heterocycles. The van der Waals surface area contributed by atoms with Gasteiger partial charge in [0.15, 0.2) is 11.6 Å². The Kier molecular flexibility index (Phi) is 3.99. The Balaban J connectivity index is 2.57. The van der Waals surface area contributed by atoms with Crippen LogP contribution in [0.25, 0.3) is 0 Å². The number of hydrogen-bond acceptors (Lipinski definition) is 2. The molecule has 1 rings (SSSR count). The van der Waals surface area contributed by atoms with Crippen molar-refractivity contribution < 1.29 is 18.3 Å². The summed E-state index contributed by atoms with van der Waals surface area (Å²) in [6, 6.07) is 2.52. The van der Waals surface area contributed by atoms with E-state index in [-0.39, 0.29) is 12.4 Å². The summed E-state index contributed by atoms with van der Waals surface area (Å²) in [6.07, 6.45) is 0. The van der Waals surface area contributed by atoms with Gasteiger partial charge in [-0.15, -0.1) is 0 Å². The molecule has 0 heterocycles. The van der Waals surface area contributed by atoms with Crippen LogP contribution < -0.4 is 10.6 Å². The normalized spacial score (nSPS) is 9.80. The number of hydrogen-bond donors (Lipinski definition) is 2. The lowest BCUT2D eigenvalue weighted by atomic mass is 10.3. The van der Waals surface area contributed by atoms with Crippen LogP contribution in [0.1, 0.15) is 0 Å². The van der Waals surface area contributed by atoms with Crippen molar-refractivity contribution in [2.75, 3.05) is 19.2 Å². The molecule has 0 atom stereocenters. The smallest absolute Gasteiger partial charge is 0.321 e. The van der Waals surface area contributed by atoms with Crippen molar-refractivity contribution in [1.29, 1.82) is 0 Å². The second-order valence-electron chi connectivity index (χ2n) is 2.69. The molecule has 0 unspecified atom stereocenters. The van der Waals surface area contributed by atoms with Gasteiger partial charge in [-0.05, 0) is 12.1 Å². The topological polar surface area (TPSA) is 50.4 Å². The summed E-state index contributed by atoms with van der Waals surface area (Å²) in [6.45, 7) is 0.0372. The maximum absolute atomic E-state index is 12.7. The Bertz CT molecular complexity index is 358. The van der Waals surface area contributed by atoms with E-state index in [0.29, 0.717) is 0 Å². The van der Waals surface area contributed by atoms with Gasteiger partial charge in [0.05, 0.1) is 0 Å². The summed E-state index contributed by atoms with van der Waals surface area (Å²) < 4.78 is 29.8. The summed E-state index contributed by atoms with van der Waals surface area (Å²) in [5, 5.41) is 4.63.